The molecule has 2 heterocycles. The first-order valence-corrected chi connectivity index (χ1v) is 9.23. The summed E-state index contributed by atoms with van der Waals surface area (Å²) >= 11 is 0. The van der Waals surface area contributed by atoms with E-state index in [0.717, 1.165) is 41.2 Å². The van der Waals surface area contributed by atoms with E-state index in [1.54, 1.807) is 0 Å². The van der Waals surface area contributed by atoms with E-state index in [4.69, 9.17) is 0 Å². The van der Waals surface area contributed by atoms with Gasteiger partial charge in [-0.2, -0.15) is 0 Å². The lowest BCUT2D eigenvalue weighted by Crippen LogP contribution is -2.32. The normalized spacial score (nSPS) is 16.7. The lowest BCUT2D eigenvalue weighted by Gasteiger charge is -2.23. The number of aryl methyl sites for hydroxylation is 1. The molecule has 1 aliphatic carbocycles. The molecule has 3 N–H and O–H groups in total. The van der Waals surface area contributed by atoms with Gasteiger partial charge in [0.25, 0.3) is 0 Å². The molecule has 26 heavy (non-hydrogen) atoms. The highest BCUT2D eigenvalue weighted by atomic mass is 16.1. The fraction of sp³-hybridized carbons (Fsp3) is 0.227. The quantitative estimate of drug-likeness (QED) is 0.508. The smallest absolute Gasteiger partial charge is 0.225 e. The Kier molecular flexibility index (Phi) is 3.56. The van der Waals surface area contributed by atoms with E-state index in [0.29, 0.717) is 6.42 Å². The van der Waals surface area contributed by atoms with Crippen molar-refractivity contribution in [2.45, 2.75) is 31.7 Å². The fourth-order valence-electron chi connectivity index (χ4n) is 4.26. The second kappa shape index (κ2) is 6.06. The average Bonchev–Trinajstić information content (AvgIpc) is 3.24. The molecule has 1 amide bonds. The van der Waals surface area contributed by atoms with Crippen molar-refractivity contribution in [1.82, 2.24) is 15.3 Å². The van der Waals surface area contributed by atoms with Gasteiger partial charge in [-0.3, -0.25) is 4.79 Å². The molecule has 2 aromatic heterocycles. The molecule has 0 saturated carbocycles. The second-order valence-corrected chi connectivity index (χ2v) is 7.11. The molecule has 1 atom stereocenters. The van der Waals surface area contributed by atoms with Gasteiger partial charge in [0.1, 0.15) is 0 Å². The van der Waals surface area contributed by atoms with Crippen LogP contribution in [0.4, 0.5) is 0 Å². The standard InChI is InChI=1S/C22H21N3O/c26-21(12-14-13-23-18-9-3-1-6-15(14)18)24-20-11-5-8-17-16-7-2-4-10-19(16)25-22(17)20/h1-4,6-7,9-10,13,20,23,25H,5,8,11-12H2,(H,24,26)/t20-/m1/s1. The molecule has 0 saturated heterocycles. The maximum Gasteiger partial charge on any atom is 0.225 e. The van der Waals surface area contributed by atoms with Crippen LogP contribution in [0.25, 0.3) is 21.8 Å². The van der Waals surface area contributed by atoms with Gasteiger partial charge in [-0.25, -0.2) is 0 Å². The summed E-state index contributed by atoms with van der Waals surface area (Å²) in [5.41, 5.74) is 5.83. The third-order valence-corrected chi connectivity index (χ3v) is 5.48. The highest BCUT2D eigenvalue weighted by Crippen LogP contribution is 2.34. The lowest BCUT2D eigenvalue weighted by atomic mass is 9.91. The summed E-state index contributed by atoms with van der Waals surface area (Å²) in [7, 11) is 0. The third-order valence-electron chi connectivity index (χ3n) is 5.48. The maximum absolute atomic E-state index is 12.7. The van der Waals surface area contributed by atoms with E-state index in [1.165, 1.54) is 16.6 Å². The summed E-state index contributed by atoms with van der Waals surface area (Å²) in [4.78, 5) is 19.5. The zero-order valence-electron chi connectivity index (χ0n) is 14.5. The van der Waals surface area contributed by atoms with Crippen LogP contribution in [0.1, 0.15) is 35.7 Å². The Labute approximate surface area is 151 Å². The number of hydrogen-bond donors (Lipinski definition) is 3. The van der Waals surface area contributed by atoms with Crippen molar-refractivity contribution in [2.24, 2.45) is 0 Å². The Bertz CT molecular complexity index is 1100. The Morgan fingerprint density at radius 1 is 1.04 bits per heavy atom. The van der Waals surface area contributed by atoms with Crippen LogP contribution in [0.2, 0.25) is 0 Å². The van der Waals surface area contributed by atoms with Crippen LogP contribution in [0.15, 0.2) is 54.7 Å². The number of carbonyl (C=O) groups is 1. The van der Waals surface area contributed by atoms with Crippen LogP contribution in [0, 0.1) is 0 Å². The van der Waals surface area contributed by atoms with Gasteiger partial charge in [0.2, 0.25) is 5.91 Å². The molecule has 0 bridgehead atoms. The number of amides is 1. The summed E-state index contributed by atoms with van der Waals surface area (Å²) in [5, 5.41) is 5.67. The Morgan fingerprint density at radius 2 is 1.81 bits per heavy atom. The summed E-state index contributed by atoms with van der Waals surface area (Å²) in [5.74, 6) is 0.0752. The molecule has 4 nitrogen and oxygen atoms in total. The van der Waals surface area contributed by atoms with Crippen molar-refractivity contribution in [3.63, 3.8) is 0 Å². The van der Waals surface area contributed by atoms with Crippen molar-refractivity contribution in [1.29, 1.82) is 0 Å². The van der Waals surface area contributed by atoms with E-state index in [1.807, 2.05) is 24.4 Å². The molecule has 4 aromatic rings. The number of fused-ring (bicyclic) bond motifs is 4. The number of aromatic nitrogens is 2. The fourth-order valence-corrected chi connectivity index (χ4v) is 4.26. The maximum atomic E-state index is 12.7. The van der Waals surface area contributed by atoms with Crippen molar-refractivity contribution in [2.75, 3.05) is 0 Å². The Morgan fingerprint density at radius 3 is 2.69 bits per heavy atom. The van der Waals surface area contributed by atoms with Crippen LogP contribution >= 0.6 is 0 Å². The van der Waals surface area contributed by atoms with Crippen molar-refractivity contribution in [3.8, 4) is 0 Å². The van der Waals surface area contributed by atoms with Crippen molar-refractivity contribution in [3.05, 3.63) is 71.5 Å². The highest BCUT2D eigenvalue weighted by Gasteiger charge is 2.25. The minimum absolute atomic E-state index is 0.0730. The predicted octanol–water partition coefficient (Wildman–Crippen LogP) is 4.39. The SMILES string of the molecule is O=C(Cc1c[nH]c2ccccc12)N[C@@H]1CCCc2c1[nH]c1ccccc21. The summed E-state index contributed by atoms with van der Waals surface area (Å²) < 4.78 is 0. The molecule has 0 spiro atoms. The molecule has 0 unspecified atom stereocenters. The molecular weight excluding hydrogens is 322 g/mol. The minimum Gasteiger partial charge on any atom is -0.361 e. The van der Waals surface area contributed by atoms with Crippen LogP contribution in [-0.2, 0) is 17.6 Å². The van der Waals surface area contributed by atoms with Gasteiger partial charge in [-0.1, -0.05) is 36.4 Å². The zero-order valence-corrected chi connectivity index (χ0v) is 14.5. The first-order valence-electron chi connectivity index (χ1n) is 9.23. The number of benzene rings is 2. The number of nitrogens with one attached hydrogen (secondary N) is 3. The van der Waals surface area contributed by atoms with Crippen LogP contribution in [-0.4, -0.2) is 15.9 Å². The van der Waals surface area contributed by atoms with Gasteiger partial charge in [0.05, 0.1) is 12.5 Å². The van der Waals surface area contributed by atoms with Crippen molar-refractivity contribution >= 4 is 27.7 Å². The monoisotopic (exact) mass is 343 g/mol. The van der Waals surface area contributed by atoms with Crippen LogP contribution in [0.5, 0.6) is 0 Å². The Hall–Kier alpha value is -3.01. The van der Waals surface area contributed by atoms with E-state index in [-0.39, 0.29) is 11.9 Å². The first-order chi connectivity index (χ1) is 12.8. The topological polar surface area (TPSA) is 60.7 Å². The van der Waals surface area contributed by atoms with Gasteiger partial charge in [0, 0.05) is 33.7 Å². The molecular formula is C22H21N3O. The van der Waals surface area contributed by atoms with E-state index >= 15 is 0 Å². The summed E-state index contributed by atoms with van der Waals surface area (Å²) in [6, 6.07) is 16.6. The number of carbonyl (C=O) groups excluding carboxylic acids is 1. The lowest BCUT2D eigenvalue weighted by molar-refractivity contribution is -0.121. The first kappa shape index (κ1) is 15.3. The molecule has 0 fully saturated rings. The molecule has 4 heteroatoms. The minimum atomic E-state index is 0.0730. The number of hydrogen-bond acceptors (Lipinski definition) is 1. The number of para-hydroxylation sites is 2. The number of H-pyrrole nitrogens is 2. The molecule has 0 aliphatic heterocycles. The largest absolute Gasteiger partial charge is 0.361 e. The van der Waals surface area contributed by atoms with E-state index in [2.05, 4.69) is 45.6 Å². The zero-order chi connectivity index (χ0) is 17.5. The molecule has 2 aromatic carbocycles. The van der Waals surface area contributed by atoms with Gasteiger partial charge in [-0.15, -0.1) is 0 Å². The summed E-state index contributed by atoms with van der Waals surface area (Å²) in [6.45, 7) is 0. The molecule has 130 valence electrons. The van der Waals surface area contributed by atoms with Gasteiger partial charge in [-0.05, 0) is 42.5 Å². The van der Waals surface area contributed by atoms with Gasteiger partial charge in [0.15, 0.2) is 0 Å². The number of rotatable bonds is 3. The van der Waals surface area contributed by atoms with Crippen LogP contribution < -0.4 is 5.32 Å². The van der Waals surface area contributed by atoms with Crippen LogP contribution in [0.3, 0.4) is 0 Å². The van der Waals surface area contributed by atoms with E-state index < -0.39 is 0 Å². The molecule has 1 aliphatic rings. The van der Waals surface area contributed by atoms with Crippen molar-refractivity contribution < 1.29 is 4.79 Å². The third kappa shape index (κ3) is 2.49. The second-order valence-electron chi connectivity index (χ2n) is 7.11. The van der Waals surface area contributed by atoms with Gasteiger partial charge >= 0.3 is 0 Å². The number of aromatic amines is 2. The summed E-state index contributed by atoms with van der Waals surface area (Å²) in [6.07, 6.45) is 5.51. The predicted molar refractivity (Wildman–Crippen MR) is 104 cm³/mol. The van der Waals surface area contributed by atoms with E-state index in [9.17, 15) is 4.79 Å². The highest BCUT2D eigenvalue weighted by molar-refractivity contribution is 5.89. The molecule has 5 rings (SSSR count). The Balaban J connectivity index is 1.39. The molecule has 0 radical (unpaired) electrons. The van der Waals surface area contributed by atoms with Gasteiger partial charge < -0.3 is 15.3 Å². The average molecular weight is 343 g/mol.